The first-order chi connectivity index (χ1) is 4.06. The van der Waals surface area contributed by atoms with Gasteiger partial charge in [-0.25, -0.2) is 0 Å². The van der Waals surface area contributed by atoms with Crippen LogP contribution in [0, 0.1) is 0 Å². The van der Waals surface area contributed by atoms with E-state index in [4.69, 9.17) is 5.73 Å². The molecule has 3 aliphatic carbocycles. The molecule has 3 rings (SSSR count). The van der Waals surface area contributed by atoms with Crippen LogP contribution >= 0.6 is 12.4 Å². The molecule has 2 nitrogen and oxygen atoms in total. The summed E-state index contributed by atoms with van der Waals surface area (Å²) in [6.45, 7) is 0. The fraction of sp³-hybridized carbons (Fsp3) is 1.00. The maximum Gasteiger partial charge on any atom is 0.0255 e. The summed E-state index contributed by atoms with van der Waals surface area (Å²) in [5.41, 5.74) is 6.69. The molecule has 0 unspecified atom stereocenters. The first-order valence-electron chi connectivity index (χ1n) is 3.53. The van der Waals surface area contributed by atoms with Crippen LogP contribution in [0.1, 0.15) is 19.3 Å². The lowest BCUT2D eigenvalue weighted by Gasteiger charge is -2.71. The number of hydrogen-bond donors (Lipinski definition) is 1. The van der Waals surface area contributed by atoms with E-state index in [1.54, 1.807) is 0 Å². The Morgan fingerprint density at radius 1 is 1.20 bits per heavy atom. The lowest BCUT2D eigenvalue weighted by molar-refractivity contribution is -0.142. The monoisotopic (exact) mass is 162 g/mol. The van der Waals surface area contributed by atoms with Gasteiger partial charge in [0.2, 0.25) is 0 Å². The van der Waals surface area contributed by atoms with Crippen molar-refractivity contribution in [3.8, 4) is 0 Å². The van der Waals surface area contributed by atoms with Crippen molar-refractivity contribution in [3.63, 3.8) is 0 Å². The number of hydrogen-bond acceptors (Lipinski definition) is 2. The van der Waals surface area contributed by atoms with Gasteiger partial charge in [-0.1, -0.05) is 0 Å². The van der Waals surface area contributed by atoms with Crippen LogP contribution in [-0.4, -0.2) is 30.1 Å². The second-order valence-electron chi connectivity index (χ2n) is 4.01. The molecular weight excluding hydrogens is 148 g/mol. The molecule has 3 heteroatoms. The molecule has 2 bridgehead atoms. The summed E-state index contributed by atoms with van der Waals surface area (Å²) in [5, 5.41) is 0. The summed E-state index contributed by atoms with van der Waals surface area (Å²) >= 11 is 0. The quantitative estimate of drug-likeness (QED) is 0.612. The van der Waals surface area contributed by atoms with Crippen LogP contribution in [0.3, 0.4) is 0 Å². The normalized spacial score (nSPS) is 49.2. The van der Waals surface area contributed by atoms with Crippen LogP contribution in [0.2, 0.25) is 0 Å². The SMILES string of the molecule is CN(C)C12CC(N)(C1)C2.Cl. The molecule has 0 aliphatic heterocycles. The predicted molar refractivity (Wildman–Crippen MR) is 44.4 cm³/mol. The van der Waals surface area contributed by atoms with Crippen LogP contribution in [0.4, 0.5) is 0 Å². The van der Waals surface area contributed by atoms with Crippen LogP contribution in [0.5, 0.6) is 0 Å². The van der Waals surface area contributed by atoms with Gasteiger partial charge in [0.15, 0.2) is 0 Å². The fourth-order valence-electron chi connectivity index (χ4n) is 2.29. The Bertz CT molecular complexity index is 136. The maximum absolute atomic E-state index is 5.88. The fourth-order valence-corrected chi connectivity index (χ4v) is 2.29. The minimum absolute atomic E-state index is 0. The summed E-state index contributed by atoms with van der Waals surface area (Å²) in [4.78, 5) is 2.32. The van der Waals surface area contributed by atoms with Crippen molar-refractivity contribution in [2.75, 3.05) is 14.1 Å². The molecule has 2 N–H and O–H groups in total. The van der Waals surface area contributed by atoms with Gasteiger partial charge in [-0.05, 0) is 33.4 Å². The Labute approximate surface area is 68.2 Å². The zero-order chi connectivity index (χ0) is 6.70. The minimum Gasteiger partial charge on any atom is -0.325 e. The van der Waals surface area contributed by atoms with Gasteiger partial charge in [0.1, 0.15) is 0 Å². The number of rotatable bonds is 1. The van der Waals surface area contributed by atoms with Crippen LogP contribution in [0.25, 0.3) is 0 Å². The molecule has 0 spiro atoms. The molecule has 3 fully saturated rings. The Balaban J connectivity index is 0.000000500. The van der Waals surface area contributed by atoms with Gasteiger partial charge in [-0.3, -0.25) is 0 Å². The second kappa shape index (κ2) is 1.87. The highest BCUT2D eigenvalue weighted by molar-refractivity contribution is 5.85. The van der Waals surface area contributed by atoms with E-state index in [1.807, 2.05) is 0 Å². The summed E-state index contributed by atoms with van der Waals surface area (Å²) in [6, 6.07) is 0. The Hall–Kier alpha value is 0.210. The van der Waals surface area contributed by atoms with Crippen LogP contribution in [0.15, 0.2) is 0 Å². The number of nitrogens with zero attached hydrogens (tertiary/aromatic N) is 1. The van der Waals surface area contributed by atoms with Crippen molar-refractivity contribution in [2.45, 2.75) is 30.3 Å². The van der Waals surface area contributed by atoms with E-state index in [-0.39, 0.29) is 17.9 Å². The Morgan fingerprint density at radius 2 is 1.60 bits per heavy atom. The summed E-state index contributed by atoms with van der Waals surface area (Å²) in [5.74, 6) is 0. The van der Waals surface area contributed by atoms with Crippen molar-refractivity contribution in [1.82, 2.24) is 4.90 Å². The van der Waals surface area contributed by atoms with Crippen molar-refractivity contribution >= 4 is 12.4 Å². The first kappa shape index (κ1) is 8.31. The van der Waals surface area contributed by atoms with Gasteiger partial charge in [-0.2, -0.15) is 0 Å². The van der Waals surface area contributed by atoms with Crippen molar-refractivity contribution in [3.05, 3.63) is 0 Å². The minimum atomic E-state index is 0. The molecule has 60 valence electrons. The third-order valence-corrected chi connectivity index (χ3v) is 2.99. The topological polar surface area (TPSA) is 29.3 Å². The highest BCUT2D eigenvalue weighted by atomic mass is 35.5. The molecule has 0 amide bonds. The summed E-state index contributed by atoms with van der Waals surface area (Å²) in [6.07, 6.45) is 3.69. The zero-order valence-corrected chi connectivity index (χ0v) is 7.37. The van der Waals surface area contributed by atoms with Crippen LogP contribution < -0.4 is 5.73 Å². The molecule has 0 saturated heterocycles. The maximum atomic E-state index is 5.88. The summed E-state index contributed by atoms with van der Waals surface area (Å²) in [7, 11) is 4.30. The van der Waals surface area contributed by atoms with Gasteiger partial charge in [-0.15, -0.1) is 12.4 Å². The Morgan fingerprint density at radius 3 is 1.70 bits per heavy atom. The lowest BCUT2D eigenvalue weighted by atomic mass is 9.44. The average molecular weight is 163 g/mol. The standard InChI is InChI=1S/C7H14N2.ClH/c1-9(2)7-3-6(8,4-7)5-7;/h3-5,8H2,1-2H3;1H. The van der Waals surface area contributed by atoms with E-state index in [9.17, 15) is 0 Å². The van der Waals surface area contributed by atoms with Gasteiger partial charge in [0, 0.05) is 11.1 Å². The first-order valence-corrected chi connectivity index (χ1v) is 3.53. The van der Waals surface area contributed by atoms with Crippen LogP contribution in [-0.2, 0) is 0 Å². The van der Waals surface area contributed by atoms with E-state index in [0.717, 1.165) is 0 Å². The van der Waals surface area contributed by atoms with Crippen molar-refractivity contribution in [1.29, 1.82) is 0 Å². The van der Waals surface area contributed by atoms with E-state index in [0.29, 0.717) is 5.54 Å². The zero-order valence-electron chi connectivity index (χ0n) is 6.55. The van der Waals surface area contributed by atoms with Gasteiger partial charge in [0.25, 0.3) is 0 Å². The van der Waals surface area contributed by atoms with E-state index in [1.165, 1.54) is 19.3 Å². The number of halogens is 1. The highest BCUT2D eigenvalue weighted by Gasteiger charge is 2.66. The molecule has 10 heavy (non-hydrogen) atoms. The molecule has 0 aromatic rings. The summed E-state index contributed by atoms with van der Waals surface area (Å²) < 4.78 is 0. The van der Waals surface area contributed by atoms with E-state index < -0.39 is 0 Å². The smallest absolute Gasteiger partial charge is 0.0255 e. The Kier molecular flexibility index (Phi) is 1.56. The molecule has 0 aromatic heterocycles. The third-order valence-electron chi connectivity index (χ3n) is 2.99. The van der Waals surface area contributed by atoms with Gasteiger partial charge < -0.3 is 10.6 Å². The molecule has 0 atom stereocenters. The van der Waals surface area contributed by atoms with Gasteiger partial charge in [0.05, 0.1) is 0 Å². The van der Waals surface area contributed by atoms with E-state index >= 15 is 0 Å². The van der Waals surface area contributed by atoms with Crippen molar-refractivity contribution in [2.24, 2.45) is 5.73 Å². The van der Waals surface area contributed by atoms with Gasteiger partial charge >= 0.3 is 0 Å². The molecular formula is C7H15ClN2. The molecule has 0 radical (unpaired) electrons. The predicted octanol–water partition coefficient (Wildman–Crippen LogP) is 0.604. The molecule has 0 aromatic carbocycles. The number of nitrogens with two attached hydrogens (primary N) is 1. The lowest BCUT2D eigenvalue weighted by Crippen LogP contribution is -2.81. The molecule has 0 heterocycles. The third kappa shape index (κ3) is 0.728. The average Bonchev–Trinajstić information content (AvgIpc) is 1.54. The molecule has 3 aliphatic rings. The second-order valence-corrected chi connectivity index (χ2v) is 4.01. The highest BCUT2D eigenvalue weighted by Crippen LogP contribution is 2.61. The molecule has 3 saturated carbocycles. The van der Waals surface area contributed by atoms with E-state index in [2.05, 4.69) is 19.0 Å². The van der Waals surface area contributed by atoms with Crippen molar-refractivity contribution < 1.29 is 0 Å². The largest absolute Gasteiger partial charge is 0.325 e.